The van der Waals surface area contributed by atoms with E-state index >= 15 is 0 Å². The molecular weight excluding hydrogens is 344 g/mol. The second-order valence-electron chi connectivity index (χ2n) is 7.56. The van der Waals surface area contributed by atoms with Crippen molar-refractivity contribution in [2.24, 2.45) is 5.73 Å². The minimum absolute atomic E-state index is 0.0729. The molecule has 0 aromatic heterocycles. The number of piperidine rings is 1. The zero-order valence-electron chi connectivity index (χ0n) is 15.9. The Kier molecular flexibility index (Phi) is 5.79. The predicted molar refractivity (Wildman–Crippen MR) is 101 cm³/mol. The molecule has 1 aromatic carbocycles. The van der Waals surface area contributed by atoms with E-state index in [2.05, 4.69) is 10.6 Å². The number of fused-ring (bicyclic) bond motifs is 1. The summed E-state index contributed by atoms with van der Waals surface area (Å²) in [7, 11) is 0. The number of hydrogen-bond donors (Lipinski definition) is 3. The highest BCUT2D eigenvalue weighted by atomic mass is 16.2. The van der Waals surface area contributed by atoms with Crippen molar-refractivity contribution in [3.63, 3.8) is 0 Å². The number of nitrogens with zero attached hydrogens (tertiary/aromatic N) is 1. The average Bonchev–Trinajstić information content (AvgIpc) is 3.09. The summed E-state index contributed by atoms with van der Waals surface area (Å²) in [6, 6.07) is 7.93. The summed E-state index contributed by atoms with van der Waals surface area (Å²) in [5, 5.41) is 5.75. The molecule has 0 saturated carbocycles. The highest BCUT2D eigenvalue weighted by Gasteiger charge is 2.46. The van der Waals surface area contributed by atoms with Crippen molar-refractivity contribution < 1.29 is 14.4 Å². The van der Waals surface area contributed by atoms with E-state index in [0.29, 0.717) is 12.8 Å². The molecule has 7 nitrogen and oxygen atoms in total. The third-order valence-corrected chi connectivity index (χ3v) is 5.53. The van der Waals surface area contributed by atoms with E-state index in [0.717, 1.165) is 18.4 Å². The number of amides is 3. The summed E-state index contributed by atoms with van der Waals surface area (Å²) in [4.78, 5) is 39.3. The molecule has 2 aliphatic rings. The lowest BCUT2D eigenvalue weighted by atomic mass is 9.97. The molecule has 0 radical (unpaired) electrons. The van der Waals surface area contributed by atoms with Gasteiger partial charge in [0.15, 0.2) is 0 Å². The van der Waals surface area contributed by atoms with Crippen molar-refractivity contribution in [2.75, 3.05) is 0 Å². The second-order valence-corrected chi connectivity index (χ2v) is 7.56. The number of benzene rings is 1. The molecule has 2 aliphatic heterocycles. The Balaban J connectivity index is 1.67. The van der Waals surface area contributed by atoms with Crippen LogP contribution in [0.1, 0.15) is 51.1 Å². The molecule has 0 spiro atoms. The molecule has 3 rings (SSSR count). The number of nitrogens with two attached hydrogens (primary N) is 1. The van der Waals surface area contributed by atoms with Gasteiger partial charge in [0.05, 0.1) is 12.1 Å². The van der Waals surface area contributed by atoms with Gasteiger partial charge >= 0.3 is 0 Å². The fourth-order valence-corrected chi connectivity index (χ4v) is 3.99. The Morgan fingerprint density at radius 2 is 1.78 bits per heavy atom. The van der Waals surface area contributed by atoms with Gasteiger partial charge in [-0.2, -0.15) is 0 Å². The molecule has 1 aromatic rings. The van der Waals surface area contributed by atoms with Gasteiger partial charge in [-0.05, 0) is 45.1 Å². The van der Waals surface area contributed by atoms with Gasteiger partial charge in [-0.1, -0.05) is 30.3 Å². The lowest BCUT2D eigenvalue weighted by Gasteiger charge is -2.38. The smallest absolute Gasteiger partial charge is 0.246 e. The Labute approximate surface area is 159 Å². The summed E-state index contributed by atoms with van der Waals surface area (Å²) in [5.74, 6) is -0.656. The molecule has 3 amide bonds. The predicted octanol–water partition coefficient (Wildman–Crippen LogP) is 0.849. The second kappa shape index (κ2) is 8.08. The molecule has 7 heteroatoms. The van der Waals surface area contributed by atoms with E-state index in [1.54, 1.807) is 11.8 Å². The highest BCUT2D eigenvalue weighted by Crippen LogP contribution is 2.33. The maximum atomic E-state index is 12.9. The number of carbonyl (C=O) groups is 3. The van der Waals surface area contributed by atoms with Crippen LogP contribution in [0.2, 0.25) is 0 Å². The van der Waals surface area contributed by atoms with E-state index in [-0.39, 0.29) is 29.8 Å². The van der Waals surface area contributed by atoms with E-state index in [4.69, 9.17) is 5.73 Å². The van der Waals surface area contributed by atoms with Crippen LogP contribution in [0.4, 0.5) is 0 Å². The zero-order chi connectivity index (χ0) is 19.6. The summed E-state index contributed by atoms with van der Waals surface area (Å²) in [6.45, 7) is 3.52. The van der Waals surface area contributed by atoms with Gasteiger partial charge in [0.25, 0.3) is 0 Å². The van der Waals surface area contributed by atoms with Crippen molar-refractivity contribution in [3.8, 4) is 0 Å². The van der Waals surface area contributed by atoms with Crippen LogP contribution < -0.4 is 16.4 Å². The van der Waals surface area contributed by atoms with Crippen LogP contribution >= 0.6 is 0 Å². The normalized spacial score (nSPS) is 26.9. The SMILES string of the molecule is C[C@H](N)C(=O)N[C@H]1CC[C@H]2CC[C@@H](C(=O)N[C@@H](C)c3ccccc3)N2C1=O. The van der Waals surface area contributed by atoms with Crippen molar-refractivity contribution in [1.82, 2.24) is 15.5 Å². The number of hydrogen-bond acceptors (Lipinski definition) is 4. The first kappa shape index (κ1) is 19.4. The molecule has 2 saturated heterocycles. The molecule has 146 valence electrons. The van der Waals surface area contributed by atoms with E-state index in [1.807, 2.05) is 37.3 Å². The van der Waals surface area contributed by atoms with Crippen LogP contribution in [-0.2, 0) is 14.4 Å². The van der Waals surface area contributed by atoms with Gasteiger partial charge in [0.1, 0.15) is 12.1 Å². The van der Waals surface area contributed by atoms with Gasteiger partial charge in [-0.3, -0.25) is 14.4 Å². The first-order valence-electron chi connectivity index (χ1n) is 9.62. The zero-order valence-corrected chi connectivity index (χ0v) is 15.9. The first-order chi connectivity index (χ1) is 12.9. The van der Waals surface area contributed by atoms with Crippen LogP contribution in [0, 0.1) is 0 Å². The number of rotatable bonds is 5. The van der Waals surface area contributed by atoms with Gasteiger partial charge in [0.2, 0.25) is 17.7 Å². The van der Waals surface area contributed by atoms with Crippen molar-refractivity contribution in [2.45, 2.75) is 69.7 Å². The van der Waals surface area contributed by atoms with Crippen LogP contribution in [0.25, 0.3) is 0 Å². The molecule has 0 unspecified atom stereocenters. The fourth-order valence-electron chi connectivity index (χ4n) is 3.99. The van der Waals surface area contributed by atoms with Crippen molar-refractivity contribution >= 4 is 17.7 Å². The van der Waals surface area contributed by atoms with Gasteiger partial charge < -0.3 is 21.3 Å². The third kappa shape index (κ3) is 4.13. The summed E-state index contributed by atoms with van der Waals surface area (Å²) < 4.78 is 0. The molecule has 0 aliphatic carbocycles. The lowest BCUT2D eigenvalue weighted by Crippen LogP contribution is -2.60. The Morgan fingerprint density at radius 1 is 1.11 bits per heavy atom. The van der Waals surface area contributed by atoms with E-state index in [1.165, 1.54) is 0 Å². The van der Waals surface area contributed by atoms with Gasteiger partial charge in [0, 0.05) is 6.04 Å². The number of carbonyl (C=O) groups excluding carboxylic acids is 3. The topological polar surface area (TPSA) is 105 Å². The highest BCUT2D eigenvalue weighted by molar-refractivity contribution is 5.94. The Hall–Kier alpha value is -2.41. The third-order valence-electron chi connectivity index (χ3n) is 5.53. The summed E-state index contributed by atoms with van der Waals surface area (Å²) in [6.07, 6.45) is 2.84. The van der Waals surface area contributed by atoms with Gasteiger partial charge in [-0.25, -0.2) is 0 Å². The van der Waals surface area contributed by atoms with Crippen LogP contribution in [-0.4, -0.2) is 46.8 Å². The fraction of sp³-hybridized carbons (Fsp3) is 0.550. The van der Waals surface area contributed by atoms with E-state index < -0.39 is 18.1 Å². The number of nitrogens with one attached hydrogen (secondary N) is 2. The molecule has 4 N–H and O–H groups in total. The molecular formula is C20H28N4O3. The molecule has 2 heterocycles. The monoisotopic (exact) mass is 372 g/mol. The maximum Gasteiger partial charge on any atom is 0.246 e. The van der Waals surface area contributed by atoms with Crippen LogP contribution in [0.3, 0.4) is 0 Å². The Morgan fingerprint density at radius 3 is 2.44 bits per heavy atom. The Bertz CT molecular complexity index is 706. The quantitative estimate of drug-likeness (QED) is 0.713. The summed E-state index contributed by atoms with van der Waals surface area (Å²) in [5.41, 5.74) is 6.61. The van der Waals surface area contributed by atoms with Crippen LogP contribution in [0.5, 0.6) is 0 Å². The lowest BCUT2D eigenvalue weighted by molar-refractivity contribution is -0.146. The standard InChI is InChI=1S/C20H28N4O3/c1-12(21)18(25)23-16-10-8-15-9-11-17(24(15)20(16)27)19(26)22-13(2)14-6-4-3-5-7-14/h3-7,12-13,15-17H,8-11,21H2,1-2H3,(H,22,26)(H,23,25)/t12-,13-,15-,16-,17-/m0/s1. The molecule has 2 fully saturated rings. The molecule has 0 bridgehead atoms. The van der Waals surface area contributed by atoms with Crippen molar-refractivity contribution in [1.29, 1.82) is 0 Å². The molecule has 27 heavy (non-hydrogen) atoms. The molecule has 5 atom stereocenters. The largest absolute Gasteiger partial charge is 0.348 e. The van der Waals surface area contributed by atoms with E-state index in [9.17, 15) is 14.4 Å². The maximum absolute atomic E-state index is 12.9. The minimum Gasteiger partial charge on any atom is -0.348 e. The van der Waals surface area contributed by atoms with Gasteiger partial charge in [-0.15, -0.1) is 0 Å². The van der Waals surface area contributed by atoms with Crippen molar-refractivity contribution in [3.05, 3.63) is 35.9 Å². The first-order valence-corrected chi connectivity index (χ1v) is 9.62. The average molecular weight is 372 g/mol. The van der Waals surface area contributed by atoms with Crippen LogP contribution in [0.15, 0.2) is 30.3 Å². The minimum atomic E-state index is -0.667. The summed E-state index contributed by atoms with van der Waals surface area (Å²) >= 11 is 0.